The van der Waals surface area contributed by atoms with Gasteiger partial charge in [-0.1, -0.05) is 30.3 Å². The lowest BCUT2D eigenvalue weighted by atomic mass is 9.97. The van der Waals surface area contributed by atoms with Gasteiger partial charge in [-0.2, -0.15) is 0 Å². The van der Waals surface area contributed by atoms with Crippen LogP contribution in [0.5, 0.6) is 0 Å². The number of hydrogen-bond acceptors (Lipinski definition) is 3. The minimum atomic E-state index is -0.846. The predicted octanol–water partition coefficient (Wildman–Crippen LogP) is 3.20. The molecule has 0 atom stereocenters. The third-order valence-corrected chi connectivity index (χ3v) is 3.71. The molecule has 0 saturated carbocycles. The summed E-state index contributed by atoms with van der Waals surface area (Å²) < 4.78 is 5.58. The molecule has 20 heavy (non-hydrogen) atoms. The van der Waals surface area contributed by atoms with Crippen LogP contribution in [0.15, 0.2) is 41.0 Å². The van der Waals surface area contributed by atoms with Crippen molar-refractivity contribution >= 4 is 6.09 Å². The number of rotatable bonds is 2. The molecule has 1 fully saturated rings. The Balaban J connectivity index is 1.71. The van der Waals surface area contributed by atoms with E-state index in [0.717, 1.165) is 24.1 Å². The molecule has 1 aliphatic heterocycles. The summed E-state index contributed by atoms with van der Waals surface area (Å²) in [5.41, 5.74) is 1.87. The number of nitrogens with zero attached hydrogens (tertiary/aromatic N) is 2. The van der Waals surface area contributed by atoms with Crippen LogP contribution in [0.4, 0.5) is 4.79 Å². The minimum absolute atomic E-state index is 0.211. The molecule has 104 valence electrons. The molecule has 0 radical (unpaired) electrons. The molecule has 5 heteroatoms. The third kappa shape index (κ3) is 2.52. The van der Waals surface area contributed by atoms with Crippen LogP contribution in [-0.4, -0.2) is 34.2 Å². The average molecular weight is 272 g/mol. The van der Waals surface area contributed by atoms with Crippen LogP contribution < -0.4 is 0 Å². The maximum absolute atomic E-state index is 10.9. The molecule has 3 rings (SSSR count). The van der Waals surface area contributed by atoms with Crippen molar-refractivity contribution in [3.63, 3.8) is 0 Å². The van der Waals surface area contributed by atoms with Crippen LogP contribution in [0.3, 0.4) is 0 Å². The van der Waals surface area contributed by atoms with Gasteiger partial charge in [0.2, 0.25) is 0 Å². The van der Waals surface area contributed by atoms with Crippen molar-refractivity contribution in [3.8, 4) is 11.3 Å². The largest absolute Gasteiger partial charge is 0.465 e. The lowest BCUT2D eigenvalue weighted by Gasteiger charge is -2.28. The van der Waals surface area contributed by atoms with Crippen LogP contribution >= 0.6 is 0 Å². The number of piperidine rings is 1. The number of aromatic nitrogens is 1. The summed E-state index contributed by atoms with van der Waals surface area (Å²) in [5, 5.41) is 8.93. The molecule has 2 heterocycles. The van der Waals surface area contributed by atoms with Gasteiger partial charge in [-0.3, -0.25) is 0 Å². The summed E-state index contributed by atoms with van der Waals surface area (Å²) in [6.07, 6.45) is 2.36. The summed E-state index contributed by atoms with van der Waals surface area (Å²) in [5.74, 6) is 0.928. The van der Waals surface area contributed by atoms with Crippen molar-refractivity contribution in [2.45, 2.75) is 18.8 Å². The number of oxazole rings is 1. The van der Waals surface area contributed by atoms with Crippen LogP contribution in [0, 0.1) is 0 Å². The zero-order valence-electron chi connectivity index (χ0n) is 11.0. The first-order valence-corrected chi connectivity index (χ1v) is 6.73. The van der Waals surface area contributed by atoms with Gasteiger partial charge in [-0.05, 0) is 12.8 Å². The smallest absolute Gasteiger partial charge is 0.407 e. The third-order valence-electron chi connectivity index (χ3n) is 3.71. The number of carboxylic acid groups (broad SMARTS) is 1. The average Bonchev–Trinajstić information content (AvgIpc) is 2.98. The molecule has 0 bridgehead atoms. The second kappa shape index (κ2) is 5.36. The van der Waals surface area contributed by atoms with Gasteiger partial charge in [0, 0.05) is 24.6 Å². The van der Waals surface area contributed by atoms with Crippen molar-refractivity contribution in [3.05, 3.63) is 42.5 Å². The van der Waals surface area contributed by atoms with Crippen molar-refractivity contribution in [2.24, 2.45) is 0 Å². The summed E-state index contributed by atoms with van der Waals surface area (Å²) in [4.78, 5) is 16.9. The standard InChI is InChI=1S/C15H16N2O3/c18-15(19)17-8-6-12(7-9-17)14-16-13(10-20-14)11-4-2-1-3-5-11/h1-5,10,12H,6-9H2,(H,18,19). The number of amides is 1. The van der Waals surface area contributed by atoms with E-state index in [1.165, 1.54) is 4.90 Å². The van der Waals surface area contributed by atoms with E-state index in [-0.39, 0.29) is 5.92 Å². The Hall–Kier alpha value is -2.30. The SMILES string of the molecule is O=C(O)N1CCC(c2nc(-c3ccccc3)co2)CC1. The van der Waals surface area contributed by atoms with Crippen molar-refractivity contribution in [1.29, 1.82) is 0 Å². The quantitative estimate of drug-likeness (QED) is 0.911. The van der Waals surface area contributed by atoms with Crippen LogP contribution in [-0.2, 0) is 0 Å². The summed E-state index contributed by atoms with van der Waals surface area (Å²) in [7, 11) is 0. The number of hydrogen-bond donors (Lipinski definition) is 1. The van der Waals surface area contributed by atoms with Gasteiger partial charge >= 0.3 is 6.09 Å². The Morgan fingerprint density at radius 2 is 1.95 bits per heavy atom. The normalized spacial score (nSPS) is 16.3. The lowest BCUT2D eigenvalue weighted by Crippen LogP contribution is -2.36. The molecule has 1 amide bonds. The maximum Gasteiger partial charge on any atom is 0.407 e. The fourth-order valence-corrected chi connectivity index (χ4v) is 2.53. The first-order valence-electron chi connectivity index (χ1n) is 6.73. The van der Waals surface area contributed by atoms with Gasteiger partial charge in [0.1, 0.15) is 12.0 Å². The van der Waals surface area contributed by atoms with E-state index in [1.807, 2.05) is 30.3 Å². The molecule has 0 unspecified atom stereocenters. The fraction of sp³-hybridized carbons (Fsp3) is 0.333. The van der Waals surface area contributed by atoms with E-state index in [9.17, 15) is 4.79 Å². The van der Waals surface area contributed by atoms with E-state index in [2.05, 4.69) is 4.98 Å². The maximum atomic E-state index is 10.9. The topological polar surface area (TPSA) is 66.6 Å². The monoisotopic (exact) mass is 272 g/mol. The molecule has 1 aliphatic rings. The van der Waals surface area contributed by atoms with Gasteiger partial charge in [0.15, 0.2) is 5.89 Å². The summed E-state index contributed by atoms with van der Waals surface area (Å²) in [6, 6.07) is 9.89. The molecule has 0 spiro atoms. The van der Waals surface area contributed by atoms with Crippen molar-refractivity contribution < 1.29 is 14.3 Å². The van der Waals surface area contributed by atoms with Crippen LogP contribution in [0.1, 0.15) is 24.7 Å². The number of carbonyl (C=O) groups is 1. The molecular weight excluding hydrogens is 256 g/mol. The zero-order valence-corrected chi connectivity index (χ0v) is 11.0. The highest BCUT2D eigenvalue weighted by atomic mass is 16.4. The molecule has 2 aromatic rings. The molecule has 1 N–H and O–H groups in total. The molecule has 5 nitrogen and oxygen atoms in total. The second-order valence-electron chi connectivity index (χ2n) is 4.98. The predicted molar refractivity (Wildman–Crippen MR) is 73.5 cm³/mol. The molecule has 0 aliphatic carbocycles. The van der Waals surface area contributed by atoms with Crippen LogP contribution in [0.2, 0.25) is 0 Å². The molecule has 1 aromatic carbocycles. The Bertz CT molecular complexity index is 586. The number of benzene rings is 1. The fourth-order valence-electron chi connectivity index (χ4n) is 2.53. The highest BCUT2D eigenvalue weighted by Crippen LogP contribution is 2.29. The zero-order chi connectivity index (χ0) is 13.9. The van der Waals surface area contributed by atoms with Crippen molar-refractivity contribution in [2.75, 3.05) is 13.1 Å². The Morgan fingerprint density at radius 3 is 2.60 bits per heavy atom. The second-order valence-corrected chi connectivity index (χ2v) is 4.98. The first kappa shape index (κ1) is 12.7. The van der Waals surface area contributed by atoms with Gasteiger partial charge in [0.25, 0.3) is 0 Å². The van der Waals surface area contributed by atoms with Crippen molar-refractivity contribution in [1.82, 2.24) is 9.88 Å². The molecular formula is C15H16N2O3. The van der Waals surface area contributed by atoms with Gasteiger partial charge in [-0.15, -0.1) is 0 Å². The summed E-state index contributed by atoms with van der Waals surface area (Å²) in [6.45, 7) is 1.09. The Labute approximate surface area is 116 Å². The minimum Gasteiger partial charge on any atom is -0.465 e. The van der Waals surface area contributed by atoms with Gasteiger partial charge in [-0.25, -0.2) is 9.78 Å². The number of likely N-dealkylation sites (tertiary alicyclic amines) is 1. The molecule has 1 aromatic heterocycles. The van der Waals surface area contributed by atoms with Gasteiger partial charge in [0.05, 0.1) is 0 Å². The molecule has 1 saturated heterocycles. The Morgan fingerprint density at radius 1 is 1.25 bits per heavy atom. The van der Waals surface area contributed by atoms with E-state index in [0.29, 0.717) is 19.0 Å². The van der Waals surface area contributed by atoms with Gasteiger partial charge < -0.3 is 14.4 Å². The highest BCUT2D eigenvalue weighted by Gasteiger charge is 2.26. The van der Waals surface area contributed by atoms with Crippen LogP contribution in [0.25, 0.3) is 11.3 Å². The lowest BCUT2D eigenvalue weighted by molar-refractivity contribution is 0.129. The van der Waals surface area contributed by atoms with E-state index < -0.39 is 6.09 Å². The Kier molecular flexibility index (Phi) is 3.41. The van der Waals surface area contributed by atoms with E-state index in [1.54, 1.807) is 6.26 Å². The van der Waals surface area contributed by atoms with E-state index >= 15 is 0 Å². The highest BCUT2D eigenvalue weighted by molar-refractivity contribution is 5.65. The first-order chi connectivity index (χ1) is 9.74. The summed E-state index contributed by atoms with van der Waals surface area (Å²) >= 11 is 0. The van der Waals surface area contributed by atoms with E-state index in [4.69, 9.17) is 9.52 Å².